The summed E-state index contributed by atoms with van der Waals surface area (Å²) in [5.74, 6) is 0.972. The molecule has 1 atom stereocenters. The lowest BCUT2D eigenvalue weighted by Crippen LogP contribution is -2.24. The molecule has 1 aromatic rings. The van der Waals surface area contributed by atoms with Gasteiger partial charge in [-0.25, -0.2) is 0 Å². The number of hydrogen-bond donors (Lipinski definition) is 1. The molecule has 0 radical (unpaired) electrons. The van der Waals surface area contributed by atoms with Crippen LogP contribution in [0.5, 0.6) is 5.75 Å². The highest BCUT2D eigenvalue weighted by Crippen LogP contribution is 2.22. The van der Waals surface area contributed by atoms with Crippen LogP contribution in [0.2, 0.25) is 0 Å². The second-order valence-electron chi connectivity index (χ2n) is 4.01. The summed E-state index contributed by atoms with van der Waals surface area (Å²) in [6.45, 7) is 3.99. The third-order valence-corrected chi connectivity index (χ3v) is 2.08. The molecule has 5 heteroatoms. The van der Waals surface area contributed by atoms with E-state index in [1.54, 1.807) is 0 Å². The molecule has 0 aliphatic carbocycles. The summed E-state index contributed by atoms with van der Waals surface area (Å²) in [5.41, 5.74) is 7.95. The number of hydrogen-bond acceptors (Lipinski definition) is 3. The Labute approximate surface area is 107 Å². The van der Waals surface area contributed by atoms with Crippen LogP contribution in [-0.2, 0) is 4.74 Å². The van der Waals surface area contributed by atoms with Gasteiger partial charge in [-0.15, -0.1) is 0 Å². The summed E-state index contributed by atoms with van der Waals surface area (Å²) in [6.07, 6.45) is 0. The van der Waals surface area contributed by atoms with E-state index in [9.17, 15) is 8.78 Å². The summed E-state index contributed by atoms with van der Waals surface area (Å²) in [6, 6.07) is 6.20. The Morgan fingerprint density at radius 3 is 2.00 bits per heavy atom. The predicted molar refractivity (Wildman–Crippen MR) is 68.1 cm³/mol. The minimum Gasteiger partial charge on any atom is -0.491 e. The van der Waals surface area contributed by atoms with Gasteiger partial charge in [-0.2, -0.15) is 8.78 Å². The molecular formula is C13H21F2NO2. The summed E-state index contributed by atoms with van der Waals surface area (Å²) in [5, 5.41) is 0. The van der Waals surface area contributed by atoms with Crippen LogP contribution < -0.4 is 10.5 Å². The van der Waals surface area contributed by atoms with Crippen molar-refractivity contribution in [3.8, 4) is 5.75 Å². The Morgan fingerprint density at radius 2 is 1.67 bits per heavy atom. The fourth-order valence-corrected chi connectivity index (χ4v) is 1.24. The van der Waals surface area contributed by atoms with Crippen molar-refractivity contribution in [1.29, 1.82) is 0 Å². The molecule has 0 heterocycles. The van der Waals surface area contributed by atoms with E-state index < -0.39 is 6.61 Å². The molecule has 0 bridgehead atoms. The van der Waals surface area contributed by atoms with Gasteiger partial charge >= 0.3 is 6.61 Å². The minimum absolute atomic E-state index is 0.0824. The first-order valence-corrected chi connectivity index (χ1v) is 5.64. The minimum atomic E-state index is -2.62. The number of methoxy groups -OCH3 is 1. The van der Waals surface area contributed by atoms with Crippen molar-refractivity contribution in [2.24, 2.45) is 5.73 Å². The lowest BCUT2D eigenvalue weighted by molar-refractivity contribution is -0.105. The van der Waals surface area contributed by atoms with Crippen molar-refractivity contribution < 1.29 is 18.3 Å². The maximum absolute atomic E-state index is 10.5. The van der Waals surface area contributed by atoms with Gasteiger partial charge in [-0.3, -0.25) is 0 Å². The molecule has 1 aromatic carbocycles. The van der Waals surface area contributed by atoms with Gasteiger partial charge in [-0.1, -0.05) is 18.2 Å². The fraction of sp³-hybridized carbons (Fsp3) is 0.538. The smallest absolute Gasteiger partial charge is 0.345 e. The van der Waals surface area contributed by atoms with Crippen LogP contribution in [-0.4, -0.2) is 26.4 Å². The number of ether oxygens (including phenoxy) is 2. The zero-order valence-corrected chi connectivity index (χ0v) is 11.2. The Kier molecular flexibility index (Phi) is 8.24. The first kappa shape index (κ1) is 16.8. The molecule has 0 aliphatic rings. The molecule has 0 spiro atoms. The van der Waals surface area contributed by atoms with Crippen LogP contribution in [0.25, 0.3) is 0 Å². The molecule has 0 amide bonds. The van der Waals surface area contributed by atoms with Crippen LogP contribution in [0.4, 0.5) is 8.78 Å². The van der Waals surface area contributed by atoms with Crippen molar-refractivity contribution >= 4 is 0 Å². The highest BCUT2D eigenvalue weighted by atomic mass is 19.3. The zero-order valence-electron chi connectivity index (χ0n) is 11.2. The fourth-order valence-electron chi connectivity index (χ4n) is 1.24. The molecule has 18 heavy (non-hydrogen) atoms. The van der Waals surface area contributed by atoms with E-state index in [4.69, 9.17) is 10.5 Å². The summed E-state index contributed by atoms with van der Waals surface area (Å²) in [4.78, 5) is 0. The molecule has 0 aromatic heterocycles. The van der Waals surface area contributed by atoms with Crippen LogP contribution in [0.15, 0.2) is 18.2 Å². The normalized spacial score (nSPS) is 11.8. The van der Waals surface area contributed by atoms with Crippen molar-refractivity contribution in [3.05, 3.63) is 29.3 Å². The van der Waals surface area contributed by atoms with Crippen LogP contribution in [0, 0.1) is 13.8 Å². The average molecular weight is 261 g/mol. The molecule has 1 unspecified atom stereocenters. The third kappa shape index (κ3) is 7.19. The number of alkyl halides is 2. The zero-order chi connectivity index (χ0) is 14.1. The maximum atomic E-state index is 10.5. The quantitative estimate of drug-likeness (QED) is 0.906. The van der Waals surface area contributed by atoms with Gasteiger partial charge in [-0.05, 0) is 31.9 Å². The number of benzene rings is 1. The largest absolute Gasteiger partial charge is 0.491 e. The summed E-state index contributed by atoms with van der Waals surface area (Å²) in [7, 11) is 0.949. The van der Waals surface area contributed by atoms with E-state index in [1.807, 2.05) is 39.0 Å². The topological polar surface area (TPSA) is 44.5 Å². The molecule has 0 aliphatic heterocycles. The summed E-state index contributed by atoms with van der Waals surface area (Å²) < 4.78 is 30.1. The molecule has 0 fully saturated rings. The molecule has 2 N–H and O–H groups in total. The first-order valence-electron chi connectivity index (χ1n) is 5.64. The van der Waals surface area contributed by atoms with Crippen molar-refractivity contribution in [3.63, 3.8) is 0 Å². The average Bonchev–Trinajstić information content (AvgIpc) is 2.28. The van der Waals surface area contributed by atoms with Crippen LogP contribution in [0.3, 0.4) is 0 Å². The SMILES string of the molecule is COC(F)F.Cc1cccc(C)c1OCC(C)N. The van der Waals surface area contributed by atoms with Gasteiger partial charge in [0.1, 0.15) is 12.4 Å². The second-order valence-corrected chi connectivity index (χ2v) is 4.01. The van der Waals surface area contributed by atoms with E-state index in [-0.39, 0.29) is 6.04 Å². The van der Waals surface area contributed by atoms with E-state index in [0.29, 0.717) is 6.61 Å². The Morgan fingerprint density at radius 1 is 1.22 bits per heavy atom. The number of rotatable bonds is 4. The highest BCUT2D eigenvalue weighted by Gasteiger charge is 2.03. The Bertz CT molecular complexity index is 324. The second kappa shape index (κ2) is 8.83. The molecule has 3 nitrogen and oxygen atoms in total. The van der Waals surface area contributed by atoms with Crippen molar-refractivity contribution in [2.45, 2.75) is 33.4 Å². The highest BCUT2D eigenvalue weighted by molar-refractivity contribution is 5.39. The van der Waals surface area contributed by atoms with Crippen molar-refractivity contribution in [2.75, 3.05) is 13.7 Å². The van der Waals surface area contributed by atoms with Gasteiger partial charge in [0.05, 0.1) is 0 Å². The third-order valence-electron chi connectivity index (χ3n) is 2.08. The Balaban J connectivity index is 0.000000494. The number of aryl methyl sites for hydroxylation is 2. The molecule has 104 valence electrons. The molecule has 0 saturated carbocycles. The van der Waals surface area contributed by atoms with E-state index >= 15 is 0 Å². The first-order chi connectivity index (χ1) is 8.38. The lowest BCUT2D eigenvalue weighted by Gasteiger charge is -2.13. The number of halogens is 2. The maximum Gasteiger partial charge on any atom is 0.345 e. The number of para-hydroxylation sites is 1. The molecule has 1 rings (SSSR count). The van der Waals surface area contributed by atoms with Gasteiger partial charge in [0, 0.05) is 13.2 Å². The molecule has 0 saturated heterocycles. The van der Waals surface area contributed by atoms with E-state index in [2.05, 4.69) is 4.74 Å². The predicted octanol–water partition coefficient (Wildman–Crippen LogP) is 2.88. The van der Waals surface area contributed by atoms with Crippen LogP contribution in [0.1, 0.15) is 18.1 Å². The summed E-state index contributed by atoms with van der Waals surface area (Å²) >= 11 is 0. The van der Waals surface area contributed by atoms with E-state index in [1.165, 1.54) is 11.1 Å². The van der Waals surface area contributed by atoms with Crippen LogP contribution >= 0.6 is 0 Å². The van der Waals surface area contributed by atoms with Gasteiger partial charge in [0.25, 0.3) is 0 Å². The monoisotopic (exact) mass is 261 g/mol. The van der Waals surface area contributed by atoms with Gasteiger partial charge in [0.15, 0.2) is 0 Å². The lowest BCUT2D eigenvalue weighted by atomic mass is 10.1. The van der Waals surface area contributed by atoms with E-state index in [0.717, 1.165) is 12.9 Å². The van der Waals surface area contributed by atoms with Gasteiger partial charge in [0.2, 0.25) is 0 Å². The number of nitrogens with two attached hydrogens (primary N) is 1. The van der Waals surface area contributed by atoms with Crippen molar-refractivity contribution in [1.82, 2.24) is 0 Å². The molecular weight excluding hydrogens is 240 g/mol. The Hall–Kier alpha value is -1.20. The standard InChI is InChI=1S/C11H17NO.C2H4F2O/c1-8-5-4-6-9(2)11(8)13-7-10(3)12;1-5-2(3)4/h4-6,10H,7,12H2,1-3H3;2H,1H3. The van der Waals surface area contributed by atoms with Gasteiger partial charge < -0.3 is 15.2 Å².